The molecule has 1 N–H and O–H groups in total. The van der Waals surface area contributed by atoms with Gasteiger partial charge in [0.2, 0.25) is 5.91 Å². The zero-order chi connectivity index (χ0) is 15.5. The molecule has 0 aliphatic rings. The molecule has 21 heavy (non-hydrogen) atoms. The van der Waals surface area contributed by atoms with Crippen LogP contribution in [0.2, 0.25) is 0 Å². The summed E-state index contributed by atoms with van der Waals surface area (Å²) in [5.74, 6) is 0.470. The van der Waals surface area contributed by atoms with Crippen molar-refractivity contribution in [3.05, 3.63) is 29.8 Å². The molecule has 5 heteroatoms. The molecule has 0 saturated carbocycles. The third-order valence-electron chi connectivity index (χ3n) is 2.92. The van der Waals surface area contributed by atoms with Crippen molar-refractivity contribution in [1.82, 2.24) is 5.32 Å². The number of carbonyl (C=O) groups excluding carboxylic acids is 2. The summed E-state index contributed by atoms with van der Waals surface area (Å²) in [5.41, 5.74) is 0.907. The van der Waals surface area contributed by atoms with E-state index in [4.69, 9.17) is 9.47 Å². The molecule has 0 spiro atoms. The zero-order valence-corrected chi connectivity index (χ0v) is 12.7. The van der Waals surface area contributed by atoms with E-state index in [1.807, 2.05) is 31.2 Å². The molecule has 0 aliphatic carbocycles. The van der Waals surface area contributed by atoms with Gasteiger partial charge in [-0.15, -0.1) is 0 Å². The molecule has 0 heterocycles. The van der Waals surface area contributed by atoms with Gasteiger partial charge in [0.05, 0.1) is 7.11 Å². The van der Waals surface area contributed by atoms with E-state index < -0.39 is 0 Å². The summed E-state index contributed by atoms with van der Waals surface area (Å²) in [4.78, 5) is 22.9. The first-order valence-electron chi connectivity index (χ1n) is 7.21. The van der Waals surface area contributed by atoms with Crippen LogP contribution in [0.25, 0.3) is 0 Å². The van der Waals surface area contributed by atoms with Crippen LogP contribution < -0.4 is 10.1 Å². The highest BCUT2D eigenvalue weighted by molar-refractivity contribution is 5.76. The average Bonchev–Trinajstić information content (AvgIpc) is 2.51. The van der Waals surface area contributed by atoms with E-state index in [1.165, 1.54) is 0 Å². The molecule has 0 aliphatic heterocycles. The summed E-state index contributed by atoms with van der Waals surface area (Å²) in [6, 6.07) is 7.34. The first kappa shape index (κ1) is 17.0. The first-order valence-corrected chi connectivity index (χ1v) is 7.21. The molecule has 1 rings (SSSR count). The number of carbonyl (C=O) groups is 2. The number of hydrogen-bond donors (Lipinski definition) is 1. The van der Waals surface area contributed by atoms with Gasteiger partial charge >= 0.3 is 5.97 Å². The van der Waals surface area contributed by atoms with Crippen molar-refractivity contribution >= 4 is 11.9 Å². The predicted octanol–water partition coefficient (Wildman–Crippen LogP) is 2.43. The van der Waals surface area contributed by atoms with E-state index in [2.05, 4.69) is 5.32 Å². The SMILES string of the molecule is CCCNC(=O)CCCC(=O)OCc1ccc(OC)cc1. The van der Waals surface area contributed by atoms with Gasteiger partial charge in [-0.25, -0.2) is 0 Å². The van der Waals surface area contributed by atoms with Gasteiger partial charge in [-0.05, 0) is 30.5 Å². The fraction of sp³-hybridized carbons (Fsp3) is 0.500. The van der Waals surface area contributed by atoms with Crippen molar-refractivity contribution in [2.24, 2.45) is 0 Å². The monoisotopic (exact) mass is 293 g/mol. The number of methoxy groups -OCH3 is 1. The van der Waals surface area contributed by atoms with Gasteiger partial charge in [0.1, 0.15) is 12.4 Å². The van der Waals surface area contributed by atoms with Crippen molar-refractivity contribution < 1.29 is 19.1 Å². The highest BCUT2D eigenvalue weighted by atomic mass is 16.5. The summed E-state index contributed by atoms with van der Waals surface area (Å²) in [5, 5.41) is 2.77. The van der Waals surface area contributed by atoms with Crippen molar-refractivity contribution in [2.75, 3.05) is 13.7 Å². The molecular formula is C16H23NO4. The summed E-state index contributed by atoms with van der Waals surface area (Å²) in [6.45, 7) is 2.92. The van der Waals surface area contributed by atoms with Crippen LogP contribution in [0.1, 0.15) is 38.2 Å². The Morgan fingerprint density at radius 1 is 1.14 bits per heavy atom. The predicted molar refractivity (Wildman–Crippen MR) is 79.9 cm³/mol. The standard InChI is InChI=1S/C16H23NO4/c1-3-11-17-15(18)5-4-6-16(19)21-12-13-7-9-14(20-2)10-8-13/h7-10H,3-6,11-12H2,1-2H3,(H,17,18). The molecule has 0 saturated heterocycles. The Kier molecular flexibility index (Phi) is 7.94. The summed E-state index contributed by atoms with van der Waals surface area (Å²) in [6.07, 6.45) is 2.04. The quantitative estimate of drug-likeness (QED) is 0.710. The minimum absolute atomic E-state index is 0.0141. The van der Waals surface area contributed by atoms with Gasteiger partial charge in [0, 0.05) is 19.4 Å². The van der Waals surface area contributed by atoms with Crippen LogP contribution in [0.5, 0.6) is 5.75 Å². The number of esters is 1. The zero-order valence-electron chi connectivity index (χ0n) is 12.7. The summed E-state index contributed by atoms with van der Waals surface area (Å²) < 4.78 is 10.2. The normalized spacial score (nSPS) is 10.0. The van der Waals surface area contributed by atoms with Crippen molar-refractivity contribution in [3.8, 4) is 5.75 Å². The van der Waals surface area contributed by atoms with Crippen LogP contribution in [0.4, 0.5) is 0 Å². The van der Waals surface area contributed by atoms with Crippen molar-refractivity contribution in [1.29, 1.82) is 0 Å². The van der Waals surface area contributed by atoms with E-state index >= 15 is 0 Å². The maximum Gasteiger partial charge on any atom is 0.306 e. The van der Waals surface area contributed by atoms with Crippen LogP contribution in [-0.2, 0) is 20.9 Å². The highest BCUT2D eigenvalue weighted by Crippen LogP contribution is 2.12. The third-order valence-corrected chi connectivity index (χ3v) is 2.92. The van der Waals surface area contributed by atoms with E-state index in [9.17, 15) is 9.59 Å². The van der Waals surface area contributed by atoms with E-state index in [-0.39, 0.29) is 24.9 Å². The maximum atomic E-state index is 11.6. The lowest BCUT2D eigenvalue weighted by Gasteiger charge is -2.06. The van der Waals surface area contributed by atoms with Crippen LogP contribution in [-0.4, -0.2) is 25.5 Å². The van der Waals surface area contributed by atoms with Crippen molar-refractivity contribution in [2.45, 2.75) is 39.2 Å². The first-order chi connectivity index (χ1) is 10.2. The van der Waals surface area contributed by atoms with Crippen LogP contribution in [0, 0.1) is 0 Å². The molecule has 116 valence electrons. The Morgan fingerprint density at radius 2 is 1.86 bits per heavy atom. The number of amides is 1. The molecule has 1 aromatic rings. The minimum Gasteiger partial charge on any atom is -0.497 e. The number of rotatable bonds is 9. The summed E-state index contributed by atoms with van der Waals surface area (Å²) in [7, 11) is 1.60. The second kappa shape index (κ2) is 9.80. The van der Waals surface area contributed by atoms with Crippen LogP contribution in [0.3, 0.4) is 0 Å². The van der Waals surface area contributed by atoms with Crippen molar-refractivity contribution in [3.63, 3.8) is 0 Å². The van der Waals surface area contributed by atoms with Crippen LogP contribution in [0.15, 0.2) is 24.3 Å². The molecule has 5 nitrogen and oxygen atoms in total. The fourth-order valence-electron chi connectivity index (χ4n) is 1.70. The number of nitrogens with one attached hydrogen (secondary N) is 1. The second-order valence-electron chi connectivity index (χ2n) is 4.71. The molecule has 1 aromatic carbocycles. The molecule has 0 fully saturated rings. The Morgan fingerprint density at radius 3 is 2.48 bits per heavy atom. The topological polar surface area (TPSA) is 64.6 Å². The average molecular weight is 293 g/mol. The van der Waals surface area contributed by atoms with E-state index in [0.717, 1.165) is 17.7 Å². The fourth-order valence-corrected chi connectivity index (χ4v) is 1.70. The Hall–Kier alpha value is -2.04. The third kappa shape index (κ3) is 7.34. The van der Waals surface area contributed by atoms with Gasteiger partial charge in [-0.2, -0.15) is 0 Å². The van der Waals surface area contributed by atoms with Gasteiger partial charge in [-0.3, -0.25) is 9.59 Å². The minimum atomic E-state index is -0.283. The number of hydrogen-bond acceptors (Lipinski definition) is 4. The lowest BCUT2D eigenvalue weighted by Crippen LogP contribution is -2.23. The highest BCUT2D eigenvalue weighted by Gasteiger charge is 2.06. The lowest BCUT2D eigenvalue weighted by atomic mass is 10.2. The maximum absolute atomic E-state index is 11.6. The number of benzene rings is 1. The number of ether oxygens (including phenoxy) is 2. The van der Waals surface area contributed by atoms with Gasteiger partial charge in [0.15, 0.2) is 0 Å². The molecule has 0 radical (unpaired) electrons. The van der Waals surface area contributed by atoms with E-state index in [1.54, 1.807) is 7.11 Å². The smallest absolute Gasteiger partial charge is 0.306 e. The molecule has 0 atom stereocenters. The van der Waals surface area contributed by atoms with Gasteiger partial charge in [-0.1, -0.05) is 19.1 Å². The lowest BCUT2D eigenvalue weighted by molar-refractivity contribution is -0.145. The molecule has 0 unspecified atom stereocenters. The Balaban J connectivity index is 2.17. The van der Waals surface area contributed by atoms with Crippen LogP contribution >= 0.6 is 0 Å². The molecular weight excluding hydrogens is 270 g/mol. The Bertz CT molecular complexity index is 442. The molecule has 1 amide bonds. The van der Waals surface area contributed by atoms with E-state index in [0.29, 0.717) is 19.4 Å². The Labute approximate surface area is 125 Å². The van der Waals surface area contributed by atoms with Gasteiger partial charge in [0.25, 0.3) is 0 Å². The molecule has 0 bridgehead atoms. The summed E-state index contributed by atoms with van der Waals surface area (Å²) >= 11 is 0. The second-order valence-corrected chi connectivity index (χ2v) is 4.71. The van der Waals surface area contributed by atoms with Gasteiger partial charge < -0.3 is 14.8 Å². The largest absolute Gasteiger partial charge is 0.497 e. The molecule has 0 aromatic heterocycles.